The summed E-state index contributed by atoms with van der Waals surface area (Å²) in [6.07, 6.45) is 10.5. The standard InChI is InChI=1S/C33H37N7O2/c1-6-7-17-40-30-24(11-9-15-36-30)27(28-22(2)10-8-14-35-28)29(31(40)41)38-32(42)37-26-19-23(20-39-18-16-34-21-39)12-13-25(26)33(3,4)5/h8-16,18-19,21H,6-7,17,20H2,1-5H3,(H2,37,38,42). The number of urea groups is 1. The number of amides is 2. The Labute approximate surface area is 245 Å². The average molecular weight is 564 g/mol. The largest absolute Gasteiger partial charge is 0.333 e. The second-order valence-electron chi connectivity index (χ2n) is 11.5. The van der Waals surface area contributed by atoms with Crippen LogP contribution in [0.2, 0.25) is 0 Å². The Bertz CT molecular complexity index is 1780. The fourth-order valence-electron chi connectivity index (χ4n) is 5.22. The van der Waals surface area contributed by atoms with Crippen LogP contribution >= 0.6 is 0 Å². The third-order valence-electron chi connectivity index (χ3n) is 7.31. The van der Waals surface area contributed by atoms with E-state index in [0.717, 1.165) is 34.9 Å². The molecule has 1 aromatic carbocycles. The molecular formula is C33H37N7O2. The maximum Gasteiger partial charge on any atom is 0.323 e. The highest BCUT2D eigenvalue weighted by atomic mass is 16.2. The highest BCUT2D eigenvalue weighted by Gasteiger charge is 2.24. The van der Waals surface area contributed by atoms with Gasteiger partial charge in [-0.1, -0.05) is 52.3 Å². The van der Waals surface area contributed by atoms with Crippen molar-refractivity contribution in [3.05, 3.63) is 101 Å². The Kier molecular flexibility index (Phi) is 8.20. The van der Waals surface area contributed by atoms with Gasteiger partial charge in [-0.15, -0.1) is 0 Å². The summed E-state index contributed by atoms with van der Waals surface area (Å²) in [6, 6.07) is 13.1. The van der Waals surface area contributed by atoms with Gasteiger partial charge in [-0.05, 0) is 59.7 Å². The lowest BCUT2D eigenvalue weighted by molar-refractivity contribution is 0.262. The number of pyridine rings is 3. The average Bonchev–Trinajstić information content (AvgIpc) is 3.46. The van der Waals surface area contributed by atoms with Gasteiger partial charge in [0.1, 0.15) is 11.3 Å². The van der Waals surface area contributed by atoms with Crippen molar-refractivity contribution >= 4 is 28.4 Å². The molecule has 2 N–H and O–H groups in total. The first-order chi connectivity index (χ1) is 20.2. The van der Waals surface area contributed by atoms with Gasteiger partial charge in [0.15, 0.2) is 0 Å². The molecule has 4 aromatic heterocycles. The molecule has 0 unspecified atom stereocenters. The molecule has 9 heteroatoms. The summed E-state index contributed by atoms with van der Waals surface area (Å²) in [5.74, 6) is 0. The molecule has 0 bridgehead atoms. The van der Waals surface area contributed by atoms with E-state index in [9.17, 15) is 9.59 Å². The van der Waals surface area contributed by atoms with E-state index in [2.05, 4.69) is 59.3 Å². The third-order valence-corrected chi connectivity index (χ3v) is 7.31. The van der Waals surface area contributed by atoms with Gasteiger partial charge in [0.05, 0.1) is 12.0 Å². The number of nitrogens with zero attached hydrogens (tertiary/aromatic N) is 5. The molecule has 4 heterocycles. The van der Waals surface area contributed by atoms with Gasteiger partial charge in [-0.3, -0.25) is 14.3 Å². The molecule has 0 aliphatic heterocycles. The molecule has 5 rings (SSSR count). The first kappa shape index (κ1) is 28.7. The number of carbonyl (C=O) groups is 1. The number of fused-ring (bicyclic) bond motifs is 1. The predicted molar refractivity (Wildman–Crippen MR) is 168 cm³/mol. The number of benzene rings is 1. The molecule has 5 aromatic rings. The molecule has 9 nitrogen and oxygen atoms in total. The number of rotatable bonds is 8. The van der Waals surface area contributed by atoms with E-state index >= 15 is 0 Å². The molecule has 0 saturated carbocycles. The molecule has 42 heavy (non-hydrogen) atoms. The van der Waals surface area contributed by atoms with Crippen molar-refractivity contribution < 1.29 is 4.79 Å². The Morgan fingerprint density at radius 2 is 1.79 bits per heavy atom. The summed E-state index contributed by atoms with van der Waals surface area (Å²) in [5, 5.41) is 6.75. The monoisotopic (exact) mass is 563 g/mol. The number of aryl methyl sites for hydroxylation is 2. The molecule has 0 radical (unpaired) electrons. The molecule has 0 aliphatic carbocycles. The Hall–Kier alpha value is -4.79. The Morgan fingerprint density at radius 3 is 2.50 bits per heavy atom. The summed E-state index contributed by atoms with van der Waals surface area (Å²) < 4.78 is 3.63. The van der Waals surface area contributed by atoms with Crippen LogP contribution in [0.4, 0.5) is 16.2 Å². The number of unbranched alkanes of at least 4 members (excludes halogenated alkanes) is 1. The number of hydrogen-bond acceptors (Lipinski definition) is 5. The molecule has 0 atom stereocenters. The first-order valence-electron chi connectivity index (χ1n) is 14.3. The van der Waals surface area contributed by atoms with E-state index in [1.807, 2.05) is 54.1 Å². The third kappa shape index (κ3) is 5.95. The fraction of sp³-hybridized carbons (Fsp3) is 0.303. The van der Waals surface area contributed by atoms with Crippen molar-refractivity contribution in [3.8, 4) is 11.3 Å². The zero-order valence-corrected chi connectivity index (χ0v) is 24.8. The number of anilines is 2. The van der Waals surface area contributed by atoms with Crippen LogP contribution in [0.1, 0.15) is 57.2 Å². The van der Waals surface area contributed by atoms with E-state index in [0.29, 0.717) is 35.7 Å². The van der Waals surface area contributed by atoms with Crippen molar-refractivity contribution in [1.82, 2.24) is 24.1 Å². The van der Waals surface area contributed by atoms with E-state index in [4.69, 9.17) is 0 Å². The van der Waals surface area contributed by atoms with Gasteiger partial charge in [0.25, 0.3) is 5.56 Å². The van der Waals surface area contributed by atoms with Gasteiger partial charge in [0, 0.05) is 54.5 Å². The van der Waals surface area contributed by atoms with Crippen LogP contribution in [0, 0.1) is 6.92 Å². The molecule has 2 amide bonds. The van der Waals surface area contributed by atoms with Crippen LogP contribution in [0.5, 0.6) is 0 Å². The summed E-state index contributed by atoms with van der Waals surface area (Å²) in [7, 11) is 0. The first-order valence-corrected chi connectivity index (χ1v) is 14.3. The Morgan fingerprint density at radius 1 is 1.00 bits per heavy atom. The zero-order chi connectivity index (χ0) is 29.9. The van der Waals surface area contributed by atoms with Crippen LogP contribution in [0.15, 0.2) is 78.4 Å². The molecular weight excluding hydrogens is 526 g/mol. The summed E-state index contributed by atoms with van der Waals surface area (Å²) >= 11 is 0. The van der Waals surface area contributed by atoms with Crippen LogP contribution in [0.25, 0.3) is 22.3 Å². The highest BCUT2D eigenvalue weighted by molar-refractivity contribution is 6.07. The topological polar surface area (TPSA) is 107 Å². The molecule has 0 fully saturated rings. The van der Waals surface area contributed by atoms with Crippen molar-refractivity contribution in [2.24, 2.45) is 0 Å². The van der Waals surface area contributed by atoms with Crippen LogP contribution in [-0.4, -0.2) is 30.1 Å². The second-order valence-corrected chi connectivity index (χ2v) is 11.5. The molecule has 0 spiro atoms. The zero-order valence-electron chi connectivity index (χ0n) is 24.8. The van der Waals surface area contributed by atoms with E-state index in [-0.39, 0.29) is 16.7 Å². The highest BCUT2D eigenvalue weighted by Crippen LogP contribution is 2.34. The SMILES string of the molecule is CCCCn1c(=O)c(NC(=O)Nc2cc(Cn3ccnc3)ccc2C(C)(C)C)c(-c2ncccc2C)c2cccnc21. The van der Waals surface area contributed by atoms with Gasteiger partial charge in [0.2, 0.25) is 0 Å². The van der Waals surface area contributed by atoms with Crippen LogP contribution in [0.3, 0.4) is 0 Å². The van der Waals surface area contributed by atoms with Gasteiger partial charge in [-0.2, -0.15) is 0 Å². The van der Waals surface area contributed by atoms with Crippen molar-refractivity contribution in [2.45, 2.75) is 66.0 Å². The second kappa shape index (κ2) is 12.0. The van der Waals surface area contributed by atoms with Crippen LogP contribution in [-0.2, 0) is 18.5 Å². The minimum atomic E-state index is -0.502. The van der Waals surface area contributed by atoms with Gasteiger partial charge >= 0.3 is 6.03 Å². The lowest BCUT2D eigenvalue weighted by Crippen LogP contribution is -2.30. The number of carbonyl (C=O) groups excluding carboxylic acids is 1. The van der Waals surface area contributed by atoms with Gasteiger partial charge in [-0.25, -0.2) is 14.8 Å². The van der Waals surface area contributed by atoms with Gasteiger partial charge < -0.3 is 15.2 Å². The molecule has 0 saturated heterocycles. The minimum absolute atomic E-state index is 0.179. The minimum Gasteiger partial charge on any atom is -0.333 e. The fourth-order valence-corrected chi connectivity index (χ4v) is 5.22. The predicted octanol–water partition coefficient (Wildman–Crippen LogP) is 6.75. The molecule has 216 valence electrons. The number of aromatic nitrogens is 5. The van der Waals surface area contributed by atoms with E-state index < -0.39 is 6.03 Å². The maximum absolute atomic E-state index is 14.1. The number of hydrogen-bond donors (Lipinski definition) is 2. The lowest BCUT2D eigenvalue weighted by atomic mass is 9.85. The normalized spacial score (nSPS) is 11.5. The van der Waals surface area contributed by atoms with Crippen molar-refractivity contribution in [2.75, 3.05) is 10.6 Å². The smallest absolute Gasteiger partial charge is 0.323 e. The number of nitrogens with one attached hydrogen (secondary N) is 2. The number of imidazole rings is 1. The molecule has 0 aliphatic rings. The Balaban J connectivity index is 1.60. The summed E-state index contributed by atoms with van der Waals surface area (Å²) in [4.78, 5) is 41.2. The van der Waals surface area contributed by atoms with Crippen molar-refractivity contribution in [1.29, 1.82) is 0 Å². The summed E-state index contributed by atoms with van der Waals surface area (Å²) in [6.45, 7) is 11.4. The summed E-state index contributed by atoms with van der Waals surface area (Å²) in [5.41, 5.74) is 4.97. The maximum atomic E-state index is 14.1. The quantitative estimate of drug-likeness (QED) is 0.217. The van der Waals surface area contributed by atoms with Crippen LogP contribution < -0.4 is 16.2 Å². The van der Waals surface area contributed by atoms with Crippen molar-refractivity contribution in [3.63, 3.8) is 0 Å². The lowest BCUT2D eigenvalue weighted by Gasteiger charge is -2.24. The van der Waals surface area contributed by atoms with E-state index in [1.165, 1.54) is 0 Å². The van der Waals surface area contributed by atoms with E-state index in [1.54, 1.807) is 29.5 Å².